The molecule has 2 heteroatoms. The molecule has 94 valence electrons. The Morgan fingerprint density at radius 3 is 2.88 bits per heavy atom. The third kappa shape index (κ3) is 1.79. The van der Waals surface area contributed by atoms with E-state index >= 15 is 0 Å². The maximum absolute atomic E-state index is 12.5. The van der Waals surface area contributed by atoms with Crippen LogP contribution in [0.3, 0.4) is 0 Å². The number of ketones is 1. The summed E-state index contributed by atoms with van der Waals surface area (Å²) in [5.74, 6) is 0.859. The van der Waals surface area contributed by atoms with Crippen LogP contribution in [0, 0.1) is 17.3 Å². The Labute approximate surface area is 103 Å². The number of carbonyl (C=O) groups excluding carboxylic acids is 1. The number of allylic oxidation sites excluding steroid dienone is 2. The van der Waals surface area contributed by atoms with E-state index in [1.54, 1.807) is 0 Å². The monoisotopic (exact) mass is 234 g/mol. The Bertz CT molecular complexity index is 380. The van der Waals surface area contributed by atoms with E-state index in [-0.39, 0.29) is 23.7 Å². The predicted molar refractivity (Wildman–Crippen MR) is 68.5 cm³/mol. The van der Waals surface area contributed by atoms with Crippen LogP contribution in [-0.4, -0.2) is 17.5 Å². The molecule has 0 bridgehead atoms. The third-order valence-corrected chi connectivity index (χ3v) is 4.85. The van der Waals surface area contributed by atoms with Gasteiger partial charge in [0.15, 0.2) is 5.78 Å². The molecule has 0 heterocycles. The largest absolute Gasteiger partial charge is 0.392 e. The van der Waals surface area contributed by atoms with Crippen molar-refractivity contribution in [2.45, 2.75) is 39.5 Å². The Morgan fingerprint density at radius 2 is 2.29 bits per heavy atom. The number of hydrogen-bond acceptors (Lipinski definition) is 2. The average Bonchev–Trinajstić information content (AvgIpc) is 2.62. The molecule has 0 radical (unpaired) electrons. The van der Waals surface area contributed by atoms with Gasteiger partial charge in [-0.2, -0.15) is 0 Å². The van der Waals surface area contributed by atoms with Gasteiger partial charge in [0.25, 0.3) is 0 Å². The highest BCUT2D eigenvalue weighted by Crippen LogP contribution is 2.55. The fourth-order valence-corrected chi connectivity index (χ4v) is 3.75. The second kappa shape index (κ2) is 4.41. The van der Waals surface area contributed by atoms with Crippen molar-refractivity contribution in [3.8, 4) is 0 Å². The summed E-state index contributed by atoms with van der Waals surface area (Å²) >= 11 is 0. The van der Waals surface area contributed by atoms with E-state index in [2.05, 4.69) is 13.5 Å². The molecule has 17 heavy (non-hydrogen) atoms. The molecule has 0 aliphatic heterocycles. The predicted octanol–water partition coefficient (Wildman–Crippen LogP) is 2.88. The smallest absolute Gasteiger partial charge is 0.162 e. The van der Waals surface area contributed by atoms with E-state index in [9.17, 15) is 9.90 Å². The van der Waals surface area contributed by atoms with Gasteiger partial charge >= 0.3 is 0 Å². The van der Waals surface area contributed by atoms with Crippen molar-refractivity contribution in [2.75, 3.05) is 6.61 Å². The molecule has 0 aromatic rings. The van der Waals surface area contributed by atoms with Gasteiger partial charge in [-0.05, 0) is 56.1 Å². The van der Waals surface area contributed by atoms with Crippen molar-refractivity contribution in [3.05, 3.63) is 23.8 Å². The summed E-state index contributed by atoms with van der Waals surface area (Å²) in [4.78, 5) is 12.5. The average molecular weight is 234 g/mol. The number of aliphatic hydroxyl groups is 1. The maximum atomic E-state index is 12.5. The number of carbonyl (C=O) groups is 1. The minimum absolute atomic E-state index is 0.00904. The molecule has 2 aliphatic carbocycles. The van der Waals surface area contributed by atoms with E-state index in [1.807, 2.05) is 13.0 Å². The molecule has 0 amide bonds. The van der Waals surface area contributed by atoms with Gasteiger partial charge in [0.05, 0.1) is 6.61 Å². The lowest BCUT2D eigenvalue weighted by Gasteiger charge is -2.40. The fraction of sp³-hybridized carbons (Fsp3) is 0.667. The van der Waals surface area contributed by atoms with Crippen molar-refractivity contribution >= 4 is 5.78 Å². The van der Waals surface area contributed by atoms with Gasteiger partial charge in [0, 0.05) is 5.41 Å². The summed E-state index contributed by atoms with van der Waals surface area (Å²) in [5.41, 5.74) is 1.77. The van der Waals surface area contributed by atoms with E-state index in [1.165, 1.54) is 5.57 Å². The van der Waals surface area contributed by atoms with Gasteiger partial charge in [-0.15, -0.1) is 0 Å². The van der Waals surface area contributed by atoms with Crippen LogP contribution < -0.4 is 0 Å². The summed E-state index contributed by atoms with van der Waals surface area (Å²) < 4.78 is 0. The summed E-state index contributed by atoms with van der Waals surface area (Å²) in [6.07, 6.45) is 5.83. The molecule has 3 atom stereocenters. The third-order valence-electron chi connectivity index (χ3n) is 4.85. The molecular formula is C15H22O2. The van der Waals surface area contributed by atoms with Crippen LogP contribution in [0.15, 0.2) is 23.8 Å². The molecule has 1 N–H and O–H groups in total. The first-order valence-electron chi connectivity index (χ1n) is 6.52. The van der Waals surface area contributed by atoms with Gasteiger partial charge in [-0.25, -0.2) is 0 Å². The van der Waals surface area contributed by atoms with Crippen molar-refractivity contribution in [1.29, 1.82) is 0 Å². The fourth-order valence-electron chi connectivity index (χ4n) is 3.75. The first-order valence-corrected chi connectivity index (χ1v) is 6.52. The molecule has 0 saturated heterocycles. The molecule has 1 fully saturated rings. The second-order valence-electron chi connectivity index (χ2n) is 5.74. The highest BCUT2D eigenvalue weighted by Gasteiger charge is 2.53. The zero-order valence-electron chi connectivity index (χ0n) is 10.8. The van der Waals surface area contributed by atoms with E-state index in [0.717, 1.165) is 31.3 Å². The molecule has 1 saturated carbocycles. The van der Waals surface area contributed by atoms with Gasteiger partial charge in [-0.1, -0.05) is 19.1 Å². The topological polar surface area (TPSA) is 37.3 Å². The Balaban J connectivity index is 2.39. The van der Waals surface area contributed by atoms with Crippen molar-refractivity contribution in [3.63, 3.8) is 0 Å². The molecule has 3 unspecified atom stereocenters. The van der Waals surface area contributed by atoms with Gasteiger partial charge in [0.1, 0.15) is 0 Å². The Morgan fingerprint density at radius 1 is 1.59 bits per heavy atom. The van der Waals surface area contributed by atoms with Crippen LogP contribution in [0.2, 0.25) is 0 Å². The molecular weight excluding hydrogens is 212 g/mol. The lowest BCUT2D eigenvalue weighted by molar-refractivity contribution is -0.128. The van der Waals surface area contributed by atoms with Gasteiger partial charge < -0.3 is 5.11 Å². The Hall–Kier alpha value is -0.890. The zero-order valence-corrected chi connectivity index (χ0v) is 10.8. The molecule has 2 nitrogen and oxygen atoms in total. The van der Waals surface area contributed by atoms with Gasteiger partial charge in [-0.3, -0.25) is 4.79 Å². The van der Waals surface area contributed by atoms with Crippen LogP contribution >= 0.6 is 0 Å². The van der Waals surface area contributed by atoms with Crippen molar-refractivity contribution in [2.24, 2.45) is 17.3 Å². The lowest BCUT2D eigenvalue weighted by atomic mass is 9.62. The second-order valence-corrected chi connectivity index (χ2v) is 5.74. The minimum Gasteiger partial charge on any atom is -0.392 e. The molecule has 0 aromatic carbocycles. The molecule has 0 aromatic heterocycles. The summed E-state index contributed by atoms with van der Waals surface area (Å²) in [6.45, 7) is 8.18. The lowest BCUT2D eigenvalue weighted by Crippen LogP contribution is -2.41. The van der Waals surface area contributed by atoms with Crippen molar-refractivity contribution < 1.29 is 9.90 Å². The van der Waals surface area contributed by atoms with Crippen LogP contribution in [0.4, 0.5) is 0 Å². The van der Waals surface area contributed by atoms with Crippen LogP contribution in [-0.2, 0) is 4.79 Å². The van der Waals surface area contributed by atoms with E-state index in [0.29, 0.717) is 5.92 Å². The summed E-state index contributed by atoms with van der Waals surface area (Å²) in [6, 6.07) is 0. The first kappa shape index (κ1) is 12.6. The normalized spacial score (nSPS) is 37.4. The first-order chi connectivity index (χ1) is 8.02. The van der Waals surface area contributed by atoms with Crippen LogP contribution in [0.25, 0.3) is 0 Å². The van der Waals surface area contributed by atoms with Gasteiger partial charge in [0.2, 0.25) is 0 Å². The quantitative estimate of drug-likeness (QED) is 0.746. The molecule has 2 aliphatic rings. The summed E-state index contributed by atoms with van der Waals surface area (Å²) in [5, 5.41) is 9.31. The number of aliphatic hydroxyl groups excluding tert-OH is 1. The van der Waals surface area contributed by atoms with E-state index in [4.69, 9.17) is 0 Å². The zero-order chi connectivity index (χ0) is 12.6. The summed E-state index contributed by atoms with van der Waals surface area (Å²) in [7, 11) is 0. The minimum atomic E-state index is -0.265. The Kier molecular flexibility index (Phi) is 3.26. The van der Waals surface area contributed by atoms with E-state index < -0.39 is 0 Å². The van der Waals surface area contributed by atoms with Crippen molar-refractivity contribution in [1.82, 2.24) is 0 Å². The number of hydrogen-bond donors (Lipinski definition) is 1. The highest BCUT2D eigenvalue weighted by molar-refractivity contribution is 5.97. The highest BCUT2D eigenvalue weighted by atomic mass is 16.3. The number of rotatable bonds is 2. The molecule has 2 rings (SSSR count). The van der Waals surface area contributed by atoms with Crippen LogP contribution in [0.5, 0.6) is 0 Å². The standard InChI is InChI=1S/C15H22O2/c1-10-6-7-15(14(17)8-10)12(3)4-5-13(15)11(2)9-16/h8,12-13,16H,2,4-7,9H2,1,3H3. The molecule has 1 spiro atoms. The van der Waals surface area contributed by atoms with Crippen LogP contribution in [0.1, 0.15) is 39.5 Å². The SMILES string of the molecule is C=C(CO)C1CCC(C)C12CCC(C)=CC2=O. The maximum Gasteiger partial charge on any atom is 0.162 e.